The molecule has 0 saturated carbocycles. The fourth-order valence-corrected chi connectivity index (χ4v) is 4.90. The predicted octanol–water partition coefficient (Wildman–Crippen LogP) is 6.15. The highest BCUT2D eigenvalue weighted by Gasteiger charge is 2.29. The minimum absolute atomic E-state index is 0.315. The molecule has 1 unspecified atom stereocenters. The minimum Gasteiger partial charge on any atom is -0.358 e. The second-order valence-electron chi connectivity index (χ2n) is 8.87. The van der Waals surface area contributed by atoms with Crippen molar-refractivity contribution in [3.05, 3.63) is 87.6 Å². The lowest BCUT2D eigenvalue weighted by atomic mass is 9.86. The lowest BCUT2D eigenvalue weighted by Gasteiger charge is -2.39. The van der Waals surface area contributed by atoms with E-state index in [0.29, 0.717) is 24.4 Å². The molecule has 2 nitrogen and oxygen atoms in total. The fraction of sp³-hybridized carbons (Fsp3) is 0.407. The Morgan fingerprint density at radius 1 is 1.16 bits per heavy atom. The van der Waals surface area contributed by atoms with Crippen LogP contribution < -0.4 is 5.32 Å². The van der Waals surface area contributed by atoms with Crippen molar-refractivity contribution < 1.29 is 8.78 Å². The van der Waals surface area contributed by atoms with Gasteiger partial charge in [-0.1, -0.05) is 42.8 Å². The molecule has 4 rings (SSSR count). The molecule has 0 spiro atoms. The summed E-state index contributed by atoms with van der Waals surface area (Å²) in [5, 5.41) is 3.75. The number of fused-ring (bicyclic) bond motifs is 1. The lowest BCUT2D eigenvalue weighted by Crippen LogP contribution is -2.45. The third-order valence-electron chi connectivity index (χ3n) is 6.73. The SMILES string of the molecule is CC/C=C(/NC1=C(C)CCN(C2CCc3c(F)cc(F)cc3C2)C1)c1ccccc1C. The van der Waals surface area contributed by atoms with Crippen molar-refractivity contribution in [2.75, 3.05) is 13.1 Å². The summed E-state index contributed by atoms with van der Waals surface area (Å²) >= 11 is 0. The average Bonchev–Trinajstić information content (AvgIpc) is 2.74. The Hall–Kier alpha value is -2.46. The zero-order chi connectivity index (χ0) is 22.0. The smallest absolute Gasteiger partial charge is 0.129 e. The molecule has 0 bridgehead atoms. The van der Waals surface area contributed by atoms with Crippen LogP contribution in [0.1, 0.15) is 55.4 Å². The summed E-state index contributed by atoms with van der Waals surface area (Å²) in [6, 6.07) is 11.3. The first-order valence-electron chi connectivity index (χ1n) is 11.4. The second-order valence-corrected chi connectivity index (χ2v) is 8.87. The molecule has 31 heavy (non-hydrogen) atoms. The van der Waals surface area contributed by atoms with E-state index in [1.807, 2.05) is 0 Å². The first kappa shape index (κ1) is 21.8. The van der Waals surface area contributed by atoms with Gasteiger partial charge in [-0.3, -0.25) is 4.90 Å². The fourth-order valence-electron chi connectivity index (χ4n) is 4.90. The molecule has 1 aliphatic carbocycles. The summed E-state index contributed by atoms with van der Waals surface area (Å²) < 4.78 is 27.9. The van der Waals surface area contributed by atoms with Crippen molar-refractivity contribution >= 4 is 5.70 Å². The van der Waals surface area contributed by atoms with Crippen LogP contribution in [0.2, 0.25) is 0 Å². The van der Waals surface area contributed by atoms with Gasteiger partial charge in [0.1, 0.15) is 11.6 Å². The standard InChI is InChI=1S/C27H32F2N2/c1-4-7-26(23-9-6-5-8-18(23)2)30-27-17-31(13-12-19(27)3)22-10-11-24-20(15-22)14-21(28)16-25(24)29/h5-9,14,16,22,30H,4,10-13,15,17H2,1-3H3/b26-7+. The lowest BCUT2D eigenvalue weighted by molar-refractivity contribution is 0.184. The van der Waals surface area contributed by atoms with E-state index >= 15 is 0 Å². The van der Waals surface area contributed by atoms with Gasteiger partial charge in [0, 0.05) is 42.2 Å². The molecule has 1 aliphatic heterocycles. The molecule has 4 heteroatoms. The average molecular weight is 423 g/mol. The number of hydrogen-bond donors (Lipinski definition) is 1. The molecular formula is C27H32F2N2. The molecule has 1 atom stereocenters. The molecular weight excluding hydrogens is 390 g/mol. The summed E-state index contributed by atoms with van der Waals surface area (Å²) in [5.41, 5.74) is 7.84. The summed E-state index contributed by atoms with van der Waals surface area (Å²) in [5.74, 6) is -0.862. The molecule has 0 aromatic heterocycles. The Balaban J connectivity index is 1.52. The number of benzene rings is 2. The molecule has 164 valence electrons. The van der Waals surface area contributed by atoms with Gasteiger partial charge in [-0.15, -0.1) is 0 Å². The van der Waals surface area contributed by atoms with E-state index in [1.165, 1.54) is 28.5 Å². The third-order valence-corrected chi connectivity index (χ3v) is 6.73. The number of allylic oxidation sites excluding steroid dienone is 1. The van der Waals surface area contributed by atoms with Crippen molar-refractivity contribution in [2.24, 2.45) is 0 Å². The van der Waals surface area contributed by atoms with E-state index in [2.05, 4.69) is 61.3 Å². The molecule has 1 heterocycles. The van der Waals surface area contributed by atoms with Gasteiger partial charge >= 0.3 is 0 Å². The Labute approximate surface area is 184 Å². The van der Waals surface area contributed by atoms with Crippen LogP contribution in [0, 0.1) is 18.6 Å². The van der Waals surface area contributed by atoms with Crippen LogP contribution in [0.4, 0.5) is 8.78 Å². The second kappa shape index (κ2) is 9.35. The Kier molecular flexibility index (Phi) is 6.57. The monoisotopic (exact) mass is 422 g/mol. The zero-order valence-corrected chi connectivity index (χ0v) is 18.8. The zero-order valence-electron chi connectivity index (χ0n) is 18.8. The molecule has 2 aromatic rings. The summed E-state index contributed by atoms with van der Waals surface area (Å²) in [6.45, 7) is 8.35. The third kappa shape index (κ3) is 4.74. The first-order chi connectivity index (χ1) is 15.0. The van der Waals surface area contributed by atoms with Crippen molar-refractivity contribution in [3.8, 4) is 0 Å². The van der Waals surface area contributed by atoms with Crippen molar-refractivity contribution in [1.29, 1.82) is 0 Å². The highest BCUT2D eigenvalue weighted by atomic mass is 19.1. The largest absolute Gasteiger partial charge is 0.358 e. The Morgan fingerprint density at radius 2 is 1.97 bits per heavy atom. The maximum absolute atomic E-state index is 14.1. The highest BCUT2D eigenvalue weighted by Crippen LogP contribution is 2.30. The van der Waals surface area contributed by atoms with Gasteiger partial charge in [0.25, 0.3) is 0 Å². The van der Waals surface area contributed by atoms with Crippen LogP contribution in [0.15, 0.2) is 53.7 Å². The number of rotatable bonds is 5. The molecule has 0 fully saturated rings. The van der Waals surface area contributed by atoms with E-state index in [1.54, 1.807) is 0 Å². The van der Waals surface area contributed by atoms with Gasteiger partial charge in [-0.2, -0.15) is 0 Å². The van der Waals surface area contributed by atoms with Gasteiger partial charge in [0.15, 0.2) is 0 Å². The topological polar surface area (TPSA) is 15.3 Å². The van der Waals surface area contributed by atoms with E-state index in [0.717, 1.165) is 49.7 Å². The molecule has 2 aromatic carbocycles. The van der Waals surface area contributed by atoms with E-state index in [4.69, 9.17) is 0 Å². The summed E-state index contributed by atoms with van der Waals surface area (Å²) in [4.78, 5) is 2.49. The van der Waals surface area contributed by atoms with Crippen LogP contribution in [0.25, 0.3) is 5.70 Å². The number of aryl methyl sites for hydroxylation is 1. The van der Waals surface area contributed by atoms with E-state index < -0.39 is 11.6 Å². The molecule has 1 N–H and O–H groups in total. The van der Waals surface area contributed by atoms with Crippen molar-refractivity contribution in [2.45, 2.75) is 58.9 Å². The molecule has 0 radical (unpaired) electrons. The maximum Gasteiger partial charge on any atom is 0.129 e. The number of nitrogens with one attached hydrogen (secondary N) is 1. The normalized spacial score (nSPS) is 20.0. The number of halogens is 2. The van der Waals surface area contributed by atoms with Crippen molar-refractivity contribution in [3.63, 3.8) is 0 Å². The first-order valence-corrected chi connectivity index (χ1v) is 11.4. The van der Waals surface area contributed by atoms with Crippen LogP contribution in [0.5, 0.6) is 0 Å². The van der Waals surface area contributed by atoms with Crippen LogP contribution in [-0.4, -0.2) is 24.0 Å². The highest BCUT2D eigenvalue weighted by molar-refractivity contribution is 5.68. The quantitative estimate of drug-likeness (QED) is 0.622. The predicted molar refractivity (Wildman–Crippen MR) is 124 cm³/mol. The van der Waals surface area contributed by atoms with Gasteiger partial charge in [0.2, 0.25) is 0 Å². The van der Waals surface area contributed by atoms with E-state index in [-0.39, 0.29) is 0 Å². The molecule has 2 aliphatic rings. The maximum atomic E-state index is 14.1. The van der Waals surface area contributed by atoms with Crippen LogP contribution in [0.3, 0.4) is 0 Å². The van der Waals surface area contributed by atoms with Crippen LogP contribution >= 0.6 is 0 Å². The molecule has 0 saturated heterocycles. The molecule has 0 amide bonds. The van der Waals surface area contributed by atoms with Gasteiger partial charge in [-0.25, -0.2) is 8.78 Å². The van der Waals surface area contributed by atoms with Gasteiger partial charge < -0.3 is 5.32 Å². The summed E-state index contributed by atoms with van der Waals surface area (Å²) in [6.07, 6.45) is 6.53. The number of nitrogens with zero attached hydrogens (tertiary/aromatic N) is 1. The van der Waals surface area contributed by atoms with Crippen LogP contribution in [-0.2, 0) is 12.8 Å². The minimum atomic E-state index is -0.471. The number of hydrogen-bond acceptors (Lipinski definition) is 2. The van der Waals surface area contributed by atoms with Crippen molar-refractivity contribution in [1.82, 2.24) is 10.2 Å². The van der Waals surface area contributed by atoms with Gasteiger partial charge in [0.05, 0.1) is 0 Å². The van der Waals surface area contributed by atoms with Gasteiger partial charge in [-0.05, 0) is 68.7 Å². The summed E-state index contributed by atoms with van der Waals surface area (Å²) in [7, 11) is 0. The van der Waals surface area contributed by atoms with E-state index in [9.17, 15) is 8.78 Å². The Morgan fingerprint density at radius 3 is 2.74 bits per heavy atom. The Bertz CT molecular complexity index is 1020.